The van der Waals surface area contributed by atoms with Gasteiger partial charge >= 0.3 is 0 Å². The Morgan fingerprint density at radius 3 is 3.04 bits per heavy atom. The van der Waals surface area contributed by atoms with Crippen LogP contribution in [0, 0.1) is 6.92 Å². The molecule has 3 heterocycles. The molecule has 1 amide bonds. The first-order chi connectivity index (χ1) is 11.7. The lowest BCUT2D eigenvalue weighted by Crippen LogP contribution is -2.37. The summed E-state index contributed by atoms with van der Waals surface area (Å²) in [5.41, 5.74) is 1.81. The van der Waals surface area contributed by atoms with Crippen LogP contribution in [-0.2, 0) is 16.1 Å². The molecule has 0 unspecified atom stereocenters. The first-order valence-electron chi connectivity index (χ1n) is 7.87. The molecule has 1 N–H and O–H groups in total. The van der Waals surface area contributed by atoms with Gasteiger partial charge in [-0.1, -0.05) is 6.07 Å². The molecule has 0 bridgehead atoms. The van der Waals surface area contributed by atoms with Crippen LogP contribution in [0.3, 0.4) is 0 Å². The zero-order chi connectivity index (χ0) is 16.8. The third-order valence-electron chi connectivity index (χ3n) is 3.67. The van der Waals surface area contributed by atoms with Crippen LogP contribution in [0.5, 0.6) is 0 Å². The quantitative estimate of drug-likeness (QED) is 0.841. The fourth-order valence-electron chi connectivity index (χ4n) is 2.49. The number of aromatic nitrogens is 2. The van der Waals surface area contributed by atoms with Gasteiger partial charge in [0.15, 0.2) is 0 Å². The van der Waals surface area contributed by atoms with Gasteiger partial charge in [-0.3, -0.25) is 4.79 Å². The number of hydrogen-bond acceptors (Lipinski definition) is 6. The summed E-state index contributed by atoms with van der Waals surface area (Å²) in [6.45, 7) is 5.44. The number of rotatable bonds is 5. The van der Waals surface area contributed by atoms with Crippen LogP contribution in [0.15, 0.2) is 29.8 Å². The minimum atomic E-state index is -0.141. The van der Waals surface area contributed by atoms with Crippen molar-refractivity contribution in [3.8, 4) is 0 Å². The monoisotopic (exact) mass is 344 g/mol. The molecule has 3 rings (SSSR count). The molecule has 24 heavy (non-hydrogen) atoms. The number of carbonyl (C=O) groups is 1. The van der Waals surface area contributed by atoms with Crippen molar-refractivity contribution < 1.29 is 9.53 Å². The highest BCUT2D eigenvalue weighted by Gasteiger charge is 2.15. The van der Waals surface area contributed by atoms with E-state index in [-0.39, 0.29) is 5.91 Å². The van der Waals surface area contributed by atoms with Crippen molar-refractivity contribution in [3.63, 3.8) is 0 Å². The molecule has 2 aromatic rings. The number of nitrogens with zero attached hydrogens (tertiary/aromatic N) is 3. The number of morpholine rings is 1. The smallest absolute Gasteiger partial charge is 0.244 e. The average Bonchev–Trinajstić information content (AvgIpc) is 3.04. The Kier molecular flexibility index (Phi) is 5.55. The number of carbonyl (C=O) groups excluding carboxylic acids is 1. The molecular formula is C17H20N4O2S. The number of hydrogen-bond donors (Lipinski definition) is 1. The van der Waals surface area contributed by atoms with Gasteiger partial charge in [-0.2, -0.15) is 0 Å². The Labute approximate surface area is 145 Å². The zero-order valence-corrected chi connectivity index (χ0v) is 14.4. The molecule has 7 heteroatoms. The summed E-state index contributed by atoms with van der Waals surface area (Å²) in [6, 6.07) is 3.88. The highest BCUT2D eigenvalue weighted by Crippen LogP contribution is 2.18. The lowest BCUT2D eigenvalue weighted by molar-refractivity contribution is -0.116. The van der Waals surface area contributed by atoms with E-state index in [1.807, 2.05) is 24.4 Å². The fraction of sp³-hybridized carbons (Fsp3) is 0.353. The van der Waals surface area contributed by atoms with Gasteiger partial charge in [-0.15, -0.1) is 11.3 Å². The lowest BCUT2D eigenvalue weighted by Gasteiger charge is -2.29. The van der Waals surface area contributed by atoms with Crippen LogP contribution in [0.2, 0.25) is 0 Å². The molecule has 0 aromatic carbocycles. The van der Waals surface area contributed by atoms with E-state index in [1.165, 1.54) is 6.08 Å². The second-order valence-corrected chi connectivity index (χ2v) is 6.49. The van der Waals surface area contributed by atoms with Crippen molar-refractivity contribution in [2.45, 2.75) is 13.5 Å². The van der Waals surface area contributed by atoms with E-state index in [4.69, 9.17) is 4.74 Å². The van der Waals surface area contributed by atoms with Gasteiger partial charge in [-0.05, 0) is 19.1 Å². The van der Waals surface area contributed by atoms with Crippen molar-refractivity contribution >= 4 is 29.1 Å². The van der Waals surface area contributed by atoms with Crippen molar-refractivity contribution in [1.29, 1.82) is 0 Å². The van der Waals surface area contributed by atoms with Gasteiger partial charge in [0.05, 0.1) is 23.9 Å². The number of pyridine rings is 1. The predicted molar refractivity (Wildman–Crippen MR) is 95.0 cm³/mol. The molecule has 1 aliphatic heterocycles. The first-order valence-corrected chi connectivity index (χ1v) is 8.75. The van der Waals surface area contributed by atoms with Crippen LogP contribution in [-0.4, -0.2) is 42.2 Å². The summed E-state index contributed by atoms with van der Waals surface area (Å²) in [7, 11) is 0. The molecule has 0 aliphatic carbocycles. The van der Waals surface area contributed by atoms with Gasteiger partial charge in [0.2, 0.25) is 5.91 Å². The summed E-state index contributed by atoms with van der Waals surface area (Å²) >= 11 is 1.57. The van der Waals surface area contributed by atoms with Crippen molar-refractivity contribution in [2.24, 2.45) is 0 Å². The van der Waals surface area contributed by atoms with Gasteiger partial charge in [0.25, 0.3) is 0 Å². The molecular weight excluding hydrogens is 324 g/mol. The van der Waals surface area contributed by atoms with Crippen molar-refractivity contribution in [3.05, 3.63) is 46.1 Å². The maximum absolute atomic E-state index is 12.0. The maximum Gasteiger partial charge on any atom is 0.244 e. The molecule has 2 aromatic heterocycles. The highest BCUT2D eigenvalue weighted by molar-refractivity contribution is 7.09. The summed E-state index contributed by atoms with van der Waals surface area (Å²) in [5.74, 6) is 0.776. The number of ether oxygens (including phenoxy) is 1. The predicted octanol–water partition coefficient (Wildman–Crippen LogP) is 2.01. The molecule has 0 spiro atoms. The van der Waals surface area contributed by atoms with E-state index in [2.05, 4.69) is 20.2 Å². The molecule has 126 valence electrons. The Bertz CT molecular complexity index is 723. The van der Waals surface area contributed by atoms with Gasteiger partial charge in [0, 0.05) is 42.9 Å². The third-order valence-corrected chi connectivity index (χ3v) is 4.47. The molecule has 0 atom stereocenters. The second kappa shape index (κ2) is 8.03. The molecule has 1 aliphatic rings. The highest BCUT2D eigenvalue weighted by atomic mass is 32.1. The number of anilines is 1. The maximum atomic E-state index is 12.0. The van der Waals surface area contributed by atoms with Gasteiger partial charge in [-0.25, -0.2) is 9.97 Å². The van der Waals surface area contributed by atoms with E-state index in [9.17, 15) is 4.79 Å². The minimum Gasteiger partial charge on any atom is -0.378 e. The number of amides is 1. The number of thiazole rings is 1. The van der Waals surface area contributed by atoms with E-state index in [0.717, 1.165) is 35.2 Å². The van der Waals surface area contributed by atoms with Crippen molar-refractivity contribution in [2.75, 3.05) is 31.2 Å². The van der Waals surface area contributed by atoms with Crippen LogP contribution < -0.4 is 10.2 Å². The standard InChI is InChI=1S/C17H20N4O2S/c1-13-20-15(12-24-13)4-5-16(22)19-11-14-3-2-6-18-17(14)21-7-9-23-10-8-21/h2-6,12H,7-11H2,1H3,(H,19,22)/b5-4+. The summed E-state index contributed by atoms with van der Waals surface area (Å²) in [5, 5.41) is 5.82. The Balaban J connectivity index is 1.60. The fourth-order valence-corrected chi connectivity index (χ4v) is 3.07. The Morgan fingerprint density at radius 2 is 2.29 bits per heavy atom. The molecule has 1 saturated heterocycles. The molecule has 6 nitrogen and oxygen atoms in total. The van der Waals surface area contributed by atoms with E-state index >= 15 is 0 Å². The number of aryl methyl sites for hydroxylation is 1. The summed E-state index contributed by atoms with van der Waals surface area (Å²) in [6.07, 6.45) is 5.02. The topological polar surface area (TPSA) is 67.4 Å². The SMILES string of the molecule is Cc1nc(/C=C/C(=O)NCc2cccnc2N2CCOCC2)cs1. The van der Waals surface area contributed by atoms with Gasteiger partial charge < -0.3 is 15.0 Å². The largest absolute Gasteiger partial charge is 0.378 e. The normalized spacial score (nSPS) is 15.0. The zero-order valence-electron chi connectivity index (χ0n) is 13.6. The number of nitrogens with one attached hydrogen (secondary N) is 1. The van der Waals surface area contributed by atoms with Crippen LogP contribution in [0.4, 0.5) is 5.82 Å². The van der Waals surface area contributed by atoms with Crippen LogP contribution >= 0.6 is 11.3 Å². The molecule has 0 saturated carbocycles. The minimum absolute atomic E-state index is 0.141. The summed E-state index contributed by atoms with van der Waals surface area (Å²) < 4.78 is 5.38. The first kappa shape index (κ1) is 16.6. The lowest BCUT2D eigenvalue weighted by atomic mass is 10.2. The second-order valence-electron chi connectivity index (χ2n) is 5.43. The average molecular weight is 344 g/mol. The third kappa shape index (κ3) is 4.39. The van der Waals surface area contributed by atoms with E-state index in [1.54, 1.807) is 23.6 Å². The Hall–Kier alpha value is -2.25. The summed E-state index contributed by atoms with van der Waals surface area (Å²) in [4.78, 5) is 23.0. The Morgan fingerprint density at radius 1 is 1.46 bits per heavy atom. The van der Waals surface area contributed by atoms with E-state index in [0.29, 0.717) is 19.8 Å². The van der Waals surface area contributed by atoms with Crippen LogP contribution in [0.25, 0.3) is 6.08 Å². The van der Waals surface area contributed by atoms with Gasteiger partial charge in [0.1, 0.15) is 5.82 Å². The van der Waals surface area contributed by atoms with Crippen molar-refractivity contribution in [1.82, 2.24) is 15.3 Å². The molecule has 1 fully saturated rings. The van der Waals surface area contributed by atoms with Crippen LogP contribution in [0.1, 0.15) is 16.3 Å². The van der Waals surface area contributed by atoms with E-state index < -0.39 is 0 Å². The molecule has 0 radical (unpaired) electrons.